The number of rotatable bonds is 7. The van der Waals surface area contributed by atoms with Crippen molar-refractivity contribution >= 4 is 34.8 Å². The molecule has 1 aromatic carbocycles. The summed E-state index contributed by atoms with van der Waals surface area (Å²) in [5.41, 5.74) is -2.41. The molecule has 2 aromatic heterocycles. The molecule has 214 valence electrons. The number of aliphatic hydroxyl groups is 1. The molecule has 0 aliphatic heterocycles. The molecule has 2 atom stereocenters. The van der Waals surface area contributed by atoms with Gasteiger partial charge in [-0.2, -0.15) is 13.2 Å². The average Bonchev–Trinajstić information content (AvgIpc) is 3.36. The predicted molar refractivity (Wildman–Crippen MR) is 143 cm³/mol. The number of thiazole rings is 1. The summed E-state index contributed by atoms with van der Waals surface area (Å²) in [6, 6.07) is 5.93. The number of aromatic nitrogens is 3. The second-order valence-corrected chi connectivity index (χ2v) is 12.0. The molecule has 4 N–H and O–H groups in total. The molecule has 0 radical (unpaired) electrons. The van der Waals surface area contributed by atoms with Gasteiger partial charge >= 0.3 is 12.1 Å². The standard InChI is InChI=1S/C27H30F3N5O4S/c1-15(36)32-12-16-9-17(11-18(10-16)34-23-31-8-5-20(35-23)27(28,29)30)19-13-33-21(40-19)26(39)7-6-25(4,22(37)38)24(2,3)14-26/h5,8-11,13,39H,6-7,12,14H2,1-4H3,(H,32,36)(H,37,38)(H,31,34,35)/t25-,26-/m1/s1. The Morgan fingerprint density at radius 2 is 1.85 bits per heavy atom. The van der Waals surface area contributed by atoms with Crippen molar-refractivity contribution in [3.8, 4) is 10.4 Å². The van der Waals surface area contributed by atoms with Crippen LogP contribution in [0.2, 0.25) is 0 Å². The van der Waals surface area contributed by atoms with Gasteiger partial charge in [-0.3, -0.25) is 9.59 Å². The molecular weight excluding hydrogens is 547 g/mol. The van der Waals surface area contributed by atoms with Crippen molar-refractivity contribution < 1.29 is 33.0 Å². The van der Waals surface area contributed by atoms with E-state index in [9.17, 15) is 33.0 Å². The minimum Gasteiger partial charge on any atom is -0.481 e. The smallest absolute Gasteiger partial charge is 0.433 e. The maximum atomic E-state index is 13.1. The van der Waals surface area contributed by atoms with Crippen LogP contribution in [0.15, 0.2) is 36.7 Å². The van der Waals surface area contributed by atoms with Gasteiger partial charge in [0.15, 0.2) is 0 Å². The number of halogens is 3. The van der Waals surface area contributed by atoms with Crippen molar-refractivity contribution in [1.82, 2.24) is 20.3 Å². The highest BCUT2D eigenvalue weighted by Crippen LogP contribution is 2.57. The van der Waals surface area contributed by atoms with E-state index in [1.807, 2.05) is 19.9 Å². The van der Waals surface area contributed by atoms with Crippen molar-refractivity contribution in [1.29, 1.82) is 0 Å². The molecule has 0 saturated heterocycles. The molecule has 40 heavy (non-hydrogen) atoms. The SMILES string of the molecule is CC(=O)NCc1cc(Nc2nccc(C(F)(F)F)n2)cc(-c2cnc([C@@]3(O)CC[C@](C)(C(=O)O)C(C)(C)C3)s2)c1. The number of carboxylic acid groups (broad SMARTS) is 1. The van der Waals surface area contributed by atoms with Gasteiger partial charge in [0.2, 0.25) is 11.9 Å². The van der Waals surface area contributed by atoms with Gasteiger partial charge in [-0.25, -0.2) is 15.0 Å². The van der Waals surface area contributed by atoms with Crippen LogP contribution in [0.3, 0.4) is 0 Å². The van der Waals surface area contributed by atoms with Gasteiger partial charge in [0.25, 0.3) is 0 Å². The predicted octanol–water partition coefficient (Wildman–Crippen LogP) is 5.49. The summed E-state index contributed by atoms with van der Waals surface area (Å²) in [5, 5.41) is 27.4. The monoisotopic (exact) mass is 577 g/mol. The molecule has 1 saturated carbocycles. The number of alkyl halides is 3. The number of amides is 1. The number of aliphatic carboxylic acids is 1. The maximum absolute atomic E-state index is 13.1. The summed E-state index contributed by atoms with van der Waals surface area (Å²) < 4.78 is 39.4. The van der Waals surface area contributed by atoms with Gasteiger partial charge in [0.1, 0.15) is 16.3 Å². The van der Waals surface area contributed by atoms with Crippen molar-refractivity contribution in [3.63, 3.8) is 0 Å². The van der Waals surface area contributed by atoms with Gasteiger partial charge < -0.3 is 20.8 Å². The first kappa shape index (κ1) is 29.4. The molecule has 3 aromatic rings. The molecule has 4 rings (SSSR count). The third-order valence-corrected chi connectivity index (χ3v) is 8.90. The fourth-order valence-corrected chi connectivity index (χ4v) is 5.97. The second kappa shape index (κ2) is 10.4. The Kier molecular flexibility index (Phi) is 7.67. The molecular formula is C27H30F3N5O4S. The number of carbonyl (C=O) groups is 2. The molecule has 0 unspecified atom stereocenters. The lowest BCUT2D eigenvalue weighted by molar-refractivity contribution is -0.170. The highest BCUT2D eigenvalue weighted by atomic mass is 32.1. The normalized spacial score (nSPS) is 22.5. The van der Waals surface area contributed by atoms with E-state index in [4.69, 9.17) is 0 Å². The van der Waals surface area contributed by atoms with Crippen molar-refractivity contribution in [3.05, 3.63) is 52.9 Å². The lowest BCUT2D eigenvalue weighted by Gasteiger charge is -2.50. The Morgan fingerprint density at radius 1 is 1.12 bits per heavy atom. The van der Waals surface area contributed by atoms with E-state index in [0.29, 0.717) is 26.7 Å². The molecule has 1 amide bonds. The van der Waals surface area contributed by atoms with Crippen molar-refractivity contribution in [2.75, 3.05) is 5.32 Å². The first-order chi connectivity index (χ1) is 18.5. The fraction of sp³-hybridized carbons (Fsp3) is 0.444. The Hall–Kier alpha value is -3.58. The molecule has 0 bridgehead atoms. The minimum atomic E-state index is -4.63. The number of nitrogens with zero attached hydrogens (tertiary/aromatic N) is 3. The van der Waals surface area contributed by atoms with Crippen LogP contribution in [0.5, 0.6) is 0 Å². The summed E-state index contributed by atoms with van der Waals surface area (Å²) in [4.78, 5) is 36.1. The minimum absolute atomic E-state index is 0.166. The van der Waals surface area contributed by atoms with E-state index in [1.54, 1.807) is 25.3 Å². The summed E-state index contributed by atoms with van der Waals surface area (Å²) in [7, 11) is 0. The van der Waals surface area contributed by atoms with Gasteiger partial charge in [0, 0.05) is 31.5 Å². The highest BCUT2D eigenvalue weighted by Gasteiger charge is 2.56. The Balaban J connectivity index is 1.67. The highest BCUT2D eigenvalue weighted by molar-refractivity contribution is 7.15. The Morgan fingerprint density at radius 3 is 2.48 bits per heavy atom. The third kappa shape index (κ3) is 5.94. The summed E-state index contributed by atoms with van der Waals surface area (Å²) in [6.07, 6.45) is -1.31. The number of hydrogen-bond donors (Lipinski definition) is 4. The first-order valence-corrected chi connectivity index (χ1v) is 13.3. The van der Waals surface area contributed by atoms with Crippen LogP contribution in [0.4, 0.5) is 24.8 Å². The number of anilines is 2. The fourth-order valence-electron chi connectivity index (χ4n) is 4.95. The third-order valence-electron chi connectivity index (χ3n) is 7.66. The summed E-state index contributed by atoms with van der Waals surface area (Å²) in [6.45, 7) is 6.90. The van der Waals surface area contributed by atoms with Crippen LogP contribution < -0.4 is 10.6 Å². The van der Waals surface area contributed by atoms with Gasteiger partial charge in [0.05, 0.1) is 10.3 Å². The molecule has 1 aliphatic rings. The number of carbonyl (C=O) groups excluding carboxylic acids is 1. The number of benzene rings is 1. The molecule has 9 nitrogen and oxygen atoms in total. The van der Waals surface area contributed by atoms with Crippen LogP contribution in [0.25, 0.3) is 10.4 Å². The average molecular weight is 578 g/mol. The zero-order chi connectivity index (χ0) is 29.5. The van der Waals surface area contributed by atoms with Gasteiger partial charge in [-0.15, -0.1) is 11.3 Å². The lowest BCUT2D eigenvalue weighted by atomic mass is 9.55. The number of carboxylic acids is 1. The van der Waals surface area contributed by atoms with Crippen LogP contribution in [0.1, 0.15) is 63.2 Å². The molecule has 0 spiro atoms. The van der Waals surface area contributed by atoms with E-state index >= 15 is 0 Å². The van der Waals surface area contributed by atoms with Crippen LogP contribution in [-0.2, 0) is 27.9 Å². The van der Waals surface area contributed by atoms with E-state index in [-0.39, 0.29) is 37.7 Å². The molecule has 1 fully saturated rings. The van der Waals surface area contributed by atoms with E-state index in [1.165, 1.54) is 18.3 Å². The maximum Gasteiger partial charge on any atom is 0.433 e. The van der Waals surface area contributed by atoms with Gasteiger partial charge in [-0.1, -0.05) is 13.8 Å². The van der Waals surface area contributed by atoms with E-state index in [0.717, 1.165) is 12.3 Å². The first-order valence-electron chi connectivity index (χ1n) is 12.5. The van der Waals surface area contributed by atoms with E-state index in [2.05, 4.69) is 25.6 Å². The largest absolute Gasteiger partial charge is 0.481 e. The second-order valence-electron chi connectivity index (χ2n) is 11.0. The van der Waals surface area contributed by atoms with Crippen LogP contribution in [-0.4, -0.2) is 37.0 Å². The van der Waals surface area contributed by atoms with Crippen molar-refractivity contribution in [2.45, 2.75) is 65.3 Å². The topological polar surface area (TPSA) is 137 Å². The van der Waals surface area contributed by atoms with E-state index < -0.39 is 34.3 Å². The summed E-state index contributed by atoms with van der Waals surface area (Å²) in [5.74, 6) is -1.40. The number of nitrogens with one attached hydrogen (secondary N) is 2. The van der Waals surface area contributed by atoms with Gasteiger partial charge in [-0.05, 0) is 67.0 Å². The molecule has 1 aliphatic carbocycles. The van der Waals surface area contributed by atoms with Crippen molar-refractivity contribution in [2.24, 2.45) is 10.8 Å². The number of hydrogen-bond acceptors (Lipinski definition) is 8. The Labute approximate surface area is 232 Å². The zero-order valence-electron chi connectivity index (χ0n) is 22.4. The Bertz CT molecular complexity index is 1440. The lowest BCUT2D eigenvalue weighted by Crippen LogP contribution is -2.51. The summed E-state index contributed by atoms with van der Waals surface area (Å²) >= 11 is 1.25. The molecule has 2 heterocycles. The van der Waals surface area contributed by atoms with Crippen LogP contribution in [0, 0.1) is 10.8 Å². The quantitative estimate of drug-likeness (QED) is 0.289. The molecule has 13 heteroatoms. The zero-order valence-corrected chi connectivity index (χ0v) is 23.2. The van der Waals surface area contributed by atoms with Crippen LogP contribution >= 0.6 is 11.3 Å².